The smallest absolute Gasteiger partial charge is 0.219 e. The van der Waals surface area contributed by atoms with Gasteiger partial charge in [0, 0.05) is 0 Å². The van der Waals surface area contributed by atoms with Gasteiger partial charge in [-0.2, -0.15) is 13.2 Å². The fourth-order valence-electron chi connectivity index (χ4n) is 2.00. The highest BCUT2D eigenvalue weighted by Gasteiger charge is 2.52. The van der Waals surface area contributed by atoms with Crippen LogP contribution in [-0.4, -0.2) is 13.9 Å². The average Bonchev–Trinajstić information content (AvgIpc) is 2.59. The number of hydrogen-bond acceptors (Lipinski definition) is 2. The first-order valence-electron chi connectivity index (χ1n) is 4.72. The van der Waals surface area contributed by atoms with E-state index in [1.165, 1.54) is 6.07 Å². The maximum atomic E-state index is 12.4. The monoisotopic (exact) mass is 250 g/mol. The first kappa shape index (κ1) is 11.4. The third-order valence-electron chi connectivity index (χ3n) is 2.78. The maximum absolute atomic E-state index is 12.4. The number of sulfone groups is 1. The van der Waals surface area contributed by atoms with Crippen LogP contribution in [0.15, 0.2) is 24.3 Å². The summed E-state index contributed by atoms with van der Waals surface area (Å²) in [4.78, 5) is 0. The number of hydrogen-bond donors (Lipinski definition) is 0. The standard InChI is InChI=1S/C10H9F3O2S/c11-10(12,13)16(14,15)9-6-5-7-3-1-2-4-8(7)9/h1-4,9H,5-6H2. The van der Waals surface area contributed by atoms with Crippen LogP contribution in [0.3, 0.4) is 0 Å². The van der Waals surface area contributed by atoms with Gasteiger partial charge < -0.3 is 0 Å². The van der Waals surface area contributed by atoms with Crippen LogP contribution in [0, 0.1) is 0 Å². The zero-order valence-corrected chi connectivity index (χ0v) is 8.98. The van der Waals surface area contributed by atoms with Crippen molar-refractivity contribution in [3.8, 4) is 0 Å². The lowest BCUT2D eigenvalue weighted by atomic mass is 10.1. The van der Waals surface area contributed by atoms with Gasteiger partial charge in [0.05, 0.1) is 5.25 Å². The van der Waals surface area contributed by atoms with Crippen molar-refractivity contribution in [3.05, 3.63) is 35.4 Å². The number of fused-ring (bicyclic) bond motifs is 1. The van der Waals surface area contributed by atoms with Crippen LogP contribution in [0.5, 0.6) is 0 Å². The molecule has 0 saturated heterocycles. The second-order valence-corrected chi connectivity index (χ2v) is 5.84. The van der Waals surface area contributed by atoms with Crippen molar-refractivity contribution in [2.75, 3.05) is 0 Å². The van der Waals surface area contributed by atoms with Crippen molar-refractivity contribution in [2.45, 2.75) is 23.6 Å². The molecule has 0 aromatic heterocycles. The van der Waals surface area contributed by atoms with Crippen LogP contribution in [0.1, 0.15) is 22.8 Å². The minimum atomic E-state index is -5.17. The van der Waals surface area contributed by atoms with Gasteiger partial charge in [-0.15, -0.1) is 0 Å². The Morgan fingerprint density at radius 1 is 1.19 bits per heavy atom. The van der Waals surface area contributed by atoms with Crippen molar-refractivity contribution in [1.29, 1.82) is 0 Å². The van der Waals surface area contributed by atoms with Gasteiger partial charge in [-0.3, -0.25) is 0 Å². The first-order chi connectivity index (χ1) is 7.34. The molecule has 0 saturated carbocycles. The molecule has 0 bridgehead atoms. The van der Waals surface area contributed by atoms with Crippen LogP contribution in [0.25, 0.3) is 0 Å². The Bertz CT molecular complexity index is 505. The van der Waals surface area contributed by atoms with Crippen molar-refractivity contribution in [1.82, 2.24) is 0 Å². The third-order valence-corrected chi connectivity index (χ3v) is 4.66. The second-order valence-electron chi connectivity index (χ2n) is 3.72. The summed E-state index contributed by atoms with van der Waals surface area (Å²) in [6.07, 6.45) is 0.400. The molecule has 0 radical (unpaired) electrons. The van der Waals surface area contributed by atoms with Gasteiger partial charge in [0.15, 0.2) is 0 Å². The van der Waals surface area contributed by atoms with Gasteiger partial charge in [0.25, 0.3) is 9.84 Å². The summed E-state index contributed by atoms with van der Waals surface area (Å²) in [5, 5.41) is -1.43. The topological polar surface area (TPSA) is 34.1 Å². The molecule has 1 aromatic carbocycles. The molecule has 0 aliphatic heterocycles. The molecule has 16 heavy (non-hydrogen) atoms. The molecule has 1 aromatic rings. The Morgan fingerprint density at radius 3 is 2.44 bits per heavy atom. The van der Waals surface area contributed by atoms with Crippen molar-refractivity contribution in [3.63, 3.8) is 0 Å². The van der Waals surface area contributed by atoms with Crippen LogP contribution in [0.2, 0.25) is 0 Å². The molecule has 1 unspecified atom stereocenters. The quantitative estimate of drug-likeness (QED) is 0.767. The van der Waals surface area contributed by atoms with Crippen LogP contribution in [-0.2, 0) is 16.3 Å². The lowest BCUT2D eigenvalue weighted by Gasteiger charge is -2.15. The summed E-state index contributed by atoms with van der Waals surface area (Å²) in [5.74, 6) is 0. The normalized spacial score (nSPS) is 20.8. The fraction of sp³-hybridized carbons (Fsp3) is 0.400. The van der Waals surface area contributed by atoms with Gasteiger partial charge in [-0.1, -0.05) is 24.3 Å². The Morgan fingerprint density at radius 2 is 1.81 bits per heavy atom. The van der Waals surface area contributed by atoms with E-state index < -0.39 is 20.6 Å². The minimum Gasteiger partial charge on any atom is -0.219 e. The van der Waals surface area contributed by atoms with E-state index in [1.54, 1.807) is 18.2 Å². The van der Waals surface area contributed by atoms with Gasteiger partial charge in [-0.05, 0) is 24.0 Å². The number of alkyl halides is 3. The molecule has 0 amide bonds. The van der Waals surface area contributed by atoms with Gasteiger partial charge >= 0.3 is 5.51 Å². The average molecular weight is 250 g/mol. The van der Waals surface area contributed by atoms with Crippen molar-refractivity contribution >= 4 is 9.84 Å². The predicted molar refractivity (Wildman–Crippen MR) is 52.5 cm³/mol. The highest BCUT2D eigenvalue weighted by atomic mass is 32.2. The molecule has 6 heteroatoms. The summed E-state index contributed by atoms with van der Waals surface area (Å²) < 4.78 is 59.8. The second kappa shape index (κ2) is 3.48. The van der Waals surface area contributed by atoms with Gasteiger partial charge in [0.1, 0.15) is 0 Å². The summed E-state index contributed by atoms with van der Waals surface area (Å²) >= 11 is 0. The van der Waals surface area contributed by atoms with Crippen LogP contribution in [0.4, 0.5) is 13.2 Å². The van der Waals surface area contributed by atoms with Crippen molar-refractivity contribution < 1.29 is 21.6 Å². The van der Waals surface area contributed by atoms with Gasteiger partial charge in [-0.25, -0.2) is 8.42 Å². The molecule has 1 atom stereocenters. The molecule has 2 rings (SSSR count). The Labute approximate surface area is 91.0 Å². The van der Waals surface area contributed by atoms with E-state index >= 15 is 0 Å². The minimum absolute atomic E-state index is 0.0151. The first-order valence-corrected chi connectivity index (χ1v) is 6.26. The Hall–Kier alpha value is -1.04. The largest absolute Gasteiger partial charge is 0.498 e. The molecule has 1 aliphatic rings. The molecule has 0 spiro atoms. The highest BCUT2D eigenvalue weighted by Crippen LogP contribution is 2.43. The third kappa shape index (κ3) is 1.61. The molecule has 1 aliphatic carbocycles. The number of benzene rings is 1. The number of halogens is 3. The highest BCUT2D eigenvalue weighted by molar-refractivity contribution is 7.92. The van der Waals surface area contributed by atoms with Crippen LogP contribution >= 0.6 is 0 Å². The van der Waals surface area contributed by atoms with E-state index in [2.05, 4.69) is 0 Å². The maximum Gasteiger partial charge on any atom is 0.498 e. The molecule has 2 nitrogen and oxygen atoms in total. The number of aryl methyl sites for hydroxylation is 1. The van der Waals surface area contributed by atoms with E-state index in [0.717, 1.165) is 0 Å². The summed E-state index contributed by atoms with van der Waals surface area (Å²) in [6, 6.07) is 6.38. The van der Waals surface area contributed by atoms with Crippen LogP contribution < -0.4 is 0 Å². The number of rotatable bonds is 1. The Balaban J connectivity index is 2.48. The Kier molecular flexibility index (Phi) is 2.49. The molecular formula is C10H9F3O2S. The van der Waals surface area contributed by atoms with E-state index in [0.29, 0.717) is 17.5 Å². The van der Waals surface area contributed by atoms with E-state index in [9.17, 15) is 21.6 Å². The summed E-state index contributed by atoms with van der Waals surface area (Å²) in [7, 11) is -5.09. The fourth-order valence-corrected chi connectivity index (χ4v) is 3.32. The lowest BCUT2D eigenvalue weighted by molar-refractivity contribution is -0.0445. The van der Waals surface area contributed by atoms with E-state index in [1.807, 2.05) is 0 Å². The lowest BCUT2D eigenvalue weighted by Crippen LogP contribution is -2.28. The van der Waals surface area contributed by atoms with Gasteiger partial charge in [0.2, 0.25) is 0 Å². The zero-order valence-electron chi connectivity index (χ0n) is 8.16. The SMILES string of the molecule is O=S(=O)(C1CCc2ccccc21)C(F)(F)F. The van der Waals surface area contributed by atoms with E-state index in [4.69, 9.17) is 0 Å². The summed E-state index contributed by atoms with van der Waals surface area (Å²) in [6.45, 7) is 0. The zero-order chi connectivity index (χ0) is 12.0. The predicted octanol–water partition coefficient (Wildman–Crippen LogP) is 2.61. The molecule has 88 valence electrons. The molecular weight excluding hydrogens is 241 g/mol. The molecule has 0 heterocycles. The summed E-state index contributed by atoms with van der Waals surface area (Å²) in [5.41, 5.74) is -4.19. The molecule has 0 N–H and O–H groups in total. The van der Waals surface area contributed by atoms with Crippen molar-refractivity contribution in [2.24, 2.45) is 0 Å². The molecule has 0 fully saturated rings. The van der Waals surface area contributed by atoms with E-state index in [-0.39, 0.29) is 6.42 Å².